The van der Waals surface area contributed by atoms with E-state index in [1.165, 1.54) is 0 Å². The van der Waals surface area contributed by atoms with Gasteiger partial charge in [0.15, 0.2) is 69.8 Å². The summed E-state index contributed by atoms with van der Waals surface area (Å²) in [5.41, 5.74) is -7.08. The SMILES string of the molecule is N#CC(C#N)=c1c(F)c(F)c(=C(C#N)C#N)c(F)c1F.N#CC(C#N)=c1c(F)c(F)c(=C(C#N)C#N)c(F)c1F.N#CC(C#N)=c1c(F)c(F)c(=C(C#N)C#N)c(F)c1F.O.O.O.[Gd].[OH3+].[OH3+].[OH3+].[OH3+].[OH3+].[OH3+]. The molecule has 0 aliphatic carbocycles. The van der Waals surface area contributed by atoms with Crippen molar-refractivity contribution in [3.05, 3.63) is 101 Å². The Kier molecular flexibility index (Phi) is 44.6. The molecular weight excluding hydrogens is 1130 g/mol. The van der Waals surface area contributed by atoms with Crippen LogP contribution in [-0.2, 0) is 32.9 Å². The third-order valence-corrected chi connectivity index (χ3v) is 6.63. The van der Waals surface area contributed by atoms with Gasteiger partial charge in [-0.1, -0.05) is 0 Å². The van der Waals surface area contributed by atoms with E-state index in [1.807, 2.05) is 0 Å². The Morgan fingerprint density at radius 1 is 0.200 bits per heavy atom. The molecule has 24 N–H and O–H groups in total. The standard InChI is InChI=1S/3C12F4N4.Gd.9H2O/c3*13-9-7(5(1-17)2-18)10(14)12(16)8(11(9)15)6(3-19)4-20;;;;;;;;;;/h;;;;9*1H2/p+6. The Morgan fingerprint density at radius 2 is 0.257 bits per heavy atom. The van der Waals surface area contributed by atoms with Gasteiger partial charge in [0.05, 0.1) is 31.3 Å². The normalized spacial score (nSPS) is 7.54. The van der Waals surface area contributed by atoms with Gasteiger partial charge in [0.25, 0.3) is 0 Å². The maximum absolute atomic E-state index is 13.6. The first-order chi connectivity index (χ1) is 28.3. The molecule has 70 heavy (non-hydrogen) atoms. The van der Waals surface area contributed by atoms with Gasteiger partial charge in [-0.25, -0.2) is 52.7 Å². The molecular formula is C36H24F12GdN12O9+6. The second kappa shape index (κ2) is 37.0. The zero-order valence-electron chi connectivity index (χ0n) is 33.2. The minimum absolute atomic E-state index is 0. The number of nitriles is 12. The third kappa shape index (κ3) is 16.0. The monoisotopic (exact) mass is 1150 g/mol. The first-order valence-corrected chi connectivity index (χ1v) is 14.0. The van der Waals surface area contributed by atoms with Crippen LogP contribution in [0.1, 0.15) is 0 Å². The van der Waals surface area contributed by atoms with Gasteiger partial charge in [0, 0.05) is 39.9 Å². The van der Waals surface area contributed by atoms with Crippen LogP contribution in [0, 0.1) is 246 Å². The van der Waals surface area contributed by atoms with Crippen molar-refractivity contribution in [3.63, 3.8) is 0 Å². The van der Waals surface area contributed by atoms with Crippen molar-refractivity contribution in [2.45, 2.75) is 0 Å². The number of hydrogen-bond acceptors (Lipinski definition) is 12. The summed E-state index contributed by atoms with van der Waals surface area (Å²) in [4.78, 5) is 0. The zero-order chi connectivity index (χ0) is 46.3. The van der Waals surface area contributed by atoms with Crippen LogP contribution < -0.4 is 31.3 Å². The molecule has 0 fully saturated rings. The fourth-order valence-electron chi connectivity index (χ4n) is 4.03. The summed E-state index contributed by atoms with van der Waals surface area (Å²) in [6, 6.07) is 13.0. The smallest absolute Gasteiger partial charge is 0.171 e. The van der Waals surface area contributed by atoms with Crippen molar-refractivity contribution in [2.75, 3.05) is 0 Å². The molecule has 3 aromatic carbocycles. The molecule has 0 amide bonds. The van der Waals surface area contributed by atoms with E-state index in [1.54, 1.807) is 0 Å². The van der Waals surface area contributed by atoms with Crippen molar-refractivity contribution in [1.29, 1.82) is 63.1 Å². The van der Waals surface area contributed by atoms with Gasteiger partial charge in [-0.3, -0.25) is 0 Å². The largest absolute Gasteiger partial charge is 0.457 e. The van der Waals surface area contributed by atoms with Crippen molar-refractivity contribution in [1.82, 2.24) is 0 Å². The molecule has 0 aliphatic rings. The van der Waals surface area contributed by atoms with Crippen molar-refractivity contribution in [3.8, 4) is 72.8 Å². The minimum atomic E-state index is -2.03. The van der Waals surface area contributed by atoms with Gasteiger partial charge in [-0.2, -0.15) is 63.1 Å². The molecule has 0 unspecified atom stereocenters. The Morgan fingerprint density at radius 3 is 0.300 bits per heavy atom. The molecule has 34 heteroatoms. The molecule has 0 aromatic heterocycles. The van der Waals surface area contributed by atoms with Crippen LogP contribution >= 0.6 is 0 Å². The molecule has 0 saturated heterocycles. The maximum Gasteiger partial charge on any atom is 0.171 e. The van der Waals surface area contributed by atoms with Gasteiger partial charge in [0.1, 0.15) is 106 Å². The molecule has 368 valence electrons. The Labute approximate surface area is 410 Å². The van der Waals surface area contributed by atoms with Crippen molar-refractivity contribution in [2.24, 2.45) is 0 Å². The third-order valence-electron chi connectivity index (χ3n) is 6.63. The second-order valence-corrected chi connectivity index (χ2v) is 9.61. The predicted octanol–water partition coefficient (Wildman–Crippen LogP) is -6.09. The molecule has 0 saturated carbocycles. The topological polar surface area (TPSA) is 578 Å². The Hall–Kier alpha value is -9.12. The molecule has 0 atom stereocenters. The van der Waals surface area contributed by atoms with Crippen LogP contribution in [0.15, 0.2) is 0 Å². The van der Waals surface area contributed by atoms with Gasteiger partial charge < -0.3 is 49.3 Å². The number of halogens is 12. The van der Waals surface area contributed by atoms with E-state index in [0.717, 1.165) is 72.8 Å². The van der Waals surface area contributed by atoms with Gasteiger partial charge in [-0.05, 0) is 0 Å². The minimum Gasteiger partial charge on any atom is -0.457 e. The van der Waals surface area contributed by atoms with E-state index in [0.29, 0.717) is 0 Å². The first kappa shape index (κ1) is 84.3. The molecule has 3 rings (SSSR count). The zero-order valence-corrected chi connectivity index (χ0v) is 35.5. The number of rotatable bonds is 0. The Balaban J connectivity index is -0.0000000900. The van der Waals surface area contributed by atoms with Crippen LogP contribution in [0.4, 0.5) is 52.7 Å². The molecule has 3 aromatic rings. The first-order valence-electron chi connectivity index (χ1n) is 14.0. The average Bonchev–Trinajstić information content (AvgIpc) is 3.25. The summed E-state index contributed by atoms with van der Waals surface area (Å²) in [7, 11) is 0. The number of nitrogens with zero attached hydrogens (tertiary/aromatic N) is 12. The van der Waals surface area contributed by atoms with E-state index in [9.17, 15) is 52.7 Å². The fourth-order valence-corrected chi connectivity index (χ4v) is 4.03. The van der Waals surface area contributed by atoms with Gasteiger partial charge in [-0.15, -0.1) is 0 Å². The summed E-state index contributed by atoms with van der Waals surface area (Å²) in [5.74, 6) is -24.3. The van der Waals surface area contributed by atoms with Crippen molar-refractivity contribution >= 4 is 33.4 Å². The van der Waals surface area contributed by atoms with Crippen LogP contribution in [0.25, 0.3) is 33.4 Å². The van der Waals surface area contributed by atoms with E-state index in [2.05, 4.69) is 0 Å². The summed E-state index contributed by atoms with van der Waals surface area (Å²) < 4.78 is 163. The number of benzene rings is 3. The molecule has 0 radical (unpaired) electrons. The summed E-state index contributed by atoms with van der Waals surface area (Å²) in [5, 5.41) is 92.9. The molecule has 21 nitrogen and oxygen atoms in total. The predicted molar refractivity (Wildman–Crippen MR) is 204 cm³/mol. The summed E-state index contributed by atoms with van der Waals surface area (Å²) in [6.45, 7) is 0. The molecule has 0 heterocycles. The second-order valence-electron chi connectivity index (χ2n) is 9.61. The van der Waals surface area contributed by atoms with Gasteiger partial charge >= 0.3 is 0 Å². The molecule has 0 bridgehead atoms. The van der Waals surface area contributed by atoms with Crippen LogP contribution in [0.2, 0.25) is 0 Å². The summed E-state index contributed by atoms with van der Waals surface area (Å²) >= 11 is 0. The Bertz CT molecular complexity index is 2650. The average molecular weight is 1150 g/mol. The fraction of sp³-hybridized carbons (Fsp3) is 0. The van der Waals surface area contributed by atoms with E-state index < -0.39 is 135 Å². The van der Waals surface area contributed by atoms with E-state index >= 15 is 0 Å². The van der Waals surface area contributed by atoms with Crippen LogP contribution in [0.5, 0.6) is 0 Å². The van der Waals surface area contributed by atoms with E-state index in [-0.39, 0.29) is 89.2 Å². The van der Waals surface area contributed by atoms with Crippen molar-refractivity contribution < 1.29 is 142 Å². The van der Waals surface area contributed by atoms with Gasteiger partial charge in [0.2, 0.25) is 0 Å². The van der Waals surface area contributed by atoms with E-state index in [4.69, 9.17) is 63.1 Å². The molecule has 0 spiro atoms. The van der Waals surface area contributed by atoms with Crippen LogP contribution in [-0.4, -0.2) is 16.4 Å². The molecule has 0 aliphatic heterocycles. The quantitative estimate of drug-likeness (QED) is 0.115. The summed E-state index contributed by atoms with van der Waals surface area (Å²) in [6.07, 6.45) is 0. The number of hydrogen-bond donors (Lipinski definition) is 0. The maximum atomic E-state index is 13.6. The van der Waals surface area contributed by atoms with Crippen LogP contribution in [0.3, 0.4) is 0 Å².